The minimum absolute atomic E-state index is 0.466. The van der Waals surface area contributed by atoms with Gasteiger partial charge in [-0.05, 0) is 24.3 Å². The Morgan fingerprint density at radius 2 is 1.90 bits per heavy atom. The lowest BCUT2D eigenvalue weighted by molar-refractivity contribution is 0.420. The molecule has 5 heteroatoms. The van der Waals surface area contributed by atoms with Gasteiger partial charge in [-0.2, -0.15) is 0 Å². The summed E-state index contributed by atoms with van der Waals surface area (Å²) in [4.78, 5) is 8.57. The Hall–Kier alpha value is -2.82. The second-order valence-corrected chi connectivity index (χ2v) is 4.29. The summed E-state index contributed by atoms with van der Waals surface area (Å²) in [5.41, 5.74) is 5.68. The third-order valence-electron chi connectivity index (χ3n) is 3.00. The monoisotopic (exact) mass is 266 g/mol. The average Bonchev–Trinajstić information content (AvgIpc) is 2.47. The minimum Gasteiger partial charge on any atom is -0.496 e. The van der Waals surface area contributed by atoms with Crippen LogP contribution in [0, 0.1) is 0 Å². The van der Waals surface area contributed by atoms with Crippen LogP contribution in [0.15, 0.2) is 48.7 Å². The first kappa shape index (κ1) is 12.2. The van der Waals surface area contributed by atoms with Crippen molar-refractivity contribution in [1.82, 2.24) is 9.97 Å². The number of benzene rings is 1. The predicted octanol–water partition coefficient (Wildman–Crippen LogP) is 2.96. The van der Waals surface area contributed by atoms with E-state index >= 15 is 0 Å². The Morgan fingerprint density at radius 1 is 1.05 bits per heavy atom. The van der Waals surface area contributed by atoms with Gasteiger partial charge in [0.05, 0.1) is 7.11 Å². The smallest absolute Gasteiger partial charge is 0.139 e. The maximum atomic E-state index is 5.68. The Balaban J connectivity index is 2.08. The van der Waals surface area contributed by atoms with E-state index in [1.165, 1.54) is 0 Å². The number of rotatable bonds is 3. The number of nitrogens with two attached hydrogens (primary N) is 1. The number of pyridine rings is 2. The van der Waals surface area contributed by atoms with Crippen molar-refractivity contribution >= 4 is 28.2 Å². The lowest BCUT2D eigenvalue weighted by Gasteiger charge is -2.10. The number of hydrogen-bond donors (Lipinski definition) is 2. The number of nitrogen functional groups attached to an aromatic ring is 1. The van der Waals surface area contributed by atoms with Crippen LogP contribution in [0.3, 0.4) is 0 Å². The van der Waals surface area contributed by atoms with E-state index in [1.807, 2.05) is 36.4 Å². The fourth-order valence-electron chi connectivity index (χ4n) is 2.10. The van der Waals surface area contributed by atoms with Crippen LogP contribution in [-0.4, -0.2) is 17.1 Å². The van der Waals surface area contributed by atoms with E-state index < -0.39 is 0 Å². The molecule has 0 fully saturated rings. The van der Waals surface area contributed by atoms with Crippen molar-refractivity contribution in [3.8, 4) is 5.75 Å². The van der Waals surface area contributed by atoms with Crippen LogP contribution in [0.4, 0.5) is 17.5 Å². The Morgan fingerprint density at radius 3 is 2.70 bits per heavy atom. The van der Waals surface area contributed by atoms with Crippen molar-refractivity contribution in [2.75, 3.05) is 18.2 Å². The summed E-state index contributed by atoms with van der Waals surface area (Å²) >= 11 is 0. The van der Waals surface area contributed by atoms with Crippen molar-refractivity contribution < 1.29 is 4.74 Å². The van der Waals surface area contributed by atoms with Crippen molar-refractivity contribution in [2.24, 2.45) is 0 Å². The molecule has 2 aromatic heterocycles. The third-order valence-corrected chi connectivity index (χ3v) is 3.00. The highest BCUT2D eigenvalue weighted by molar-refractivity contribution is 5.96. The van der Waals surface area contributed by atoms with Gasteiger partial charge in [0.15, 0.2) is 0 Å². The summed E-state index contributed by atoms with van der Waals surface area (Å²) in [5.74, 6) is 2.66. The molecule has 0 spiro atoms. The molecule has 0 aliphatic heterocycles. The van der Waals surface area contributed by atoms with Gasteiger partial charge in [0.25, 0.3) is 0 Å². The summed E-state index contributed by atoms with van der Waals surface area (Å²) in [7, 11) is 1.65. The molecule has 3 aromatic rings. The summed E-state index contributed by atoms with van der Waals surface area (Å²) < 4.78 is 5.36. The molecule has 0 bridgehead atoms. The number of nitrogens with zero attached hydrogens (tertiary/aromatic N) is 2. The van der Waals surface area contributed by atoms with Gasteiger partial charge in [0, 0.05) is 17.0 Å². The highest BCUT2D eigenvalue weighted by Gasteiger charge is 2.07. The molecule has 0 aliphatic carbocycles. The van der Waals surface area contributed by atoms with Crippen molar-refractivity contribution in [3.05, 3.63) is 48.7 Å². The second kappa shape index (κ2) is 5.05. The van der Waals surface area contributed by atoms with E-state index in [9.17, 15) is 0 Å². The number of nitrogens with one attached hydrogen (secondary N) is 1. The Labute approximate surface area is 116 Å². The molecule has 0 saturated carbocycles. The molecule has 2 heterocycles. The summed E-state index contributed by atoms with van der Waals surface area (Å²) in [6, 6.07) is 13.2. The Bertz CT molecular complexity index is 758. The molecular weight excluding hydrogens is 252 g/mol. The number of hydrogen-bond acceptors (Lipinski definition) is 5. The van der Waals surface area contributed by atoms with E-state index in [1.54, 1.807) is 19.4 Å². The first-order chi connectivity index (χ1) is 9.78. The normalized spacial score (nSPS) is 10.4. The maximum Gasteiger partial charge on any atom is 0.139 e. The first-order valence-electron chi connectivity index (χ1n) is 6.19. The SMILES string of the molecule is COc1cccc2c(Nc3cccc(N)n3)nccc12. The number of methoxy groups -OCH3 is 1. The molecule has 0 aliphatic rings. The number of fused-ring (bicyclic) bond motifs is 1. The summed E-state index contributed by atoms with van der Waals surface area (Å²) in [5, 5.41) is 5.15. The molecule has 3 N–H and O–H groups in total. The fraction of sp³-hybridized carbons (Fsp3) is 0.0667. The number of ether oxygens (including phenoxy) is 1. The lowest BCUT2D eigenvalue weighted by Crippen LogP contribution is -1.99. The van der Waals surface area contributed by atoms with Gasteiger partial charge in [-0.1, -0.05) is 18.2 Å². The van der Waals surface area contributed by atoms with E-state index in [2.05, 4.69) is 15.3 Å². The summed E-state index contributed by atoms with van der Waals surface area (Å²) in [6.45, 7) is 0. The first-order valence-corrected chi connectivity index (χ1v) is 6.19. The quantitative estimate of drug-likeness (QED) is 0.762. The van der Waals surface area contributed by atoms with Crippen molar-refractivity contribution in [1.29, 1.82) is 0 Å². The standard InChI is InChI=1S/C15H14N4O/c1-20-12-5-2-4-11-10(12)8-9-17-15(11)19-14-7-3-6-13(16)18-14/h2-9H,1H3,(H3,16,17,18,19). The largest absolute Gasteiger partial charge is 0.496 e. The molecule has 0 atom stereocenters. The van der Waals surface area contributed by atoms with Gasteiger partial charge in [-0.15, -0.1) is 0 Å². The van der Waals surface area contributed by atoms with Gasteiger partial charge in [0.2, 0.25) is 0 Å². The van der Waals surface area contributed by atoms with Gasteiger partial charge in [-0.3, -0.25) is 0 Å². The van der Waals surface area contributed by atoms with E-state index in [-0.39, 0.29) is 0 Å². The minimum atomic E-state index is 0.466. The summed E-state index contributed by atoms with van der Waals surface area (Å²) in [6.07, 6.45) is 1.74. The molecule has 100 valence electrons. The zero-order valence-corrected chi connectivity index (χ0v) is 11.0. The van der Waals surface area contributed by atoms with Crippen LogP contribution >= 0.6 is 0 Å². The predicted molar refractivity (Wildman–Crippen MR) is 80.2 cm³/mol. The maximum absolute atomic E-state index is 5.68. The van der Waals surface area contributed by atoms with Crippen LogP contribution < -0.4 is 15.8 Å². The Kier molecular flexibility index (Phi) is 3.09. The molecule has 0 unspecified atom stereocenters. The van der Waals surface area contributed by atoms with E-state index in [0.29, 0.717) is 11.6 Å². The molecule has 5 nitrogen and oxygen atoms in total. The van der Waals surface area contributed by atoms with Gasteiger partial charge >= 0.3 is 0 Å². The lowest BCUT2D eigenvalue weighted by atomic mass is 10.1. The molecule has 0 amide bonds. The molecule has 0 saturated heterocycles. The van der Waals surface area contributed by atoms with E-state index in [0.717, 1.165) is 22.3 Å². The number of anilines is 3. The second-order valence-electron chi connectivity index (χ2n) is 4.29. The van der Waals surface area contributed by atoms with Gasteiger partial charge in [-0.25, -0.2) is 9.97 Å². The van der Waals surface area contributed by atoms with Gasteiger partial charge < -0.3 is 15.8 Å². The fourth-order valence-corrected chi connectivity index (χ4v) is 2.10. The van der Waals surface area contributed by atoms with Crippen LogP contribution in [0.2, 0.25) is 0 Å². The molecule has 0 radical (unpaired) electrons. The average molecular weight is 266 g/mol. The van der Waals surface area contributed by atoms with E-state index in [4.69, 9.17) is 10.5 Å². The molecule has 1 aromatic carbocycles. The molecular formula is C15H14N4O. The van der Waals surface area contributed by atoms with Crippen LogP contribution in [-0.2, 0) is 0 Å². The third kappa shape index (κ3) is 2.21. The van der Waals surface area contributed by atoms with Crippen LogP contribution in [0.5, 0.6) is 5.75 Å². The number of aromatic nitrogens is 2. The van der Waals surface area contributed by atoms with Crippen LogP contribution in [0.1, 0.15) is 0 Å². The molecule has 20 heavy (non-hydrogen) atoms. The van der Waals surface area contributed by atoms with Crippen molar-refractivity contribution in [3.63, 3.8) is 0 Å². The topological polar surface area (TPSA) is 73.1 Å². The van der Waals surface area contributed by atoms with Gasteiger partial charge in [0.1, 0.15) is 23.2 Å². The van der Waals surface area contributed by atoms with Crippen LogP contribution in [0.25, 0.3) is 10.8 Å². The molecule has 3 rings (SSSR count). The highest BCUT2D eigenvalue weighted by atomic mass is 16.5. The highest BCUT2D eigenvalue weighted by Crippen LogP contribution is 2.30. The zero-order chi connectivity index (χ0) is 13.9. The zero-order valence-electron chi connectivity index (χ0n) is 11.0. The van der Waals surface area contributed by atoms with Crippen molar-refractivity contribution in [2.45, 2.75) is 0 Å².